The topological polar surface area (TPSA) is 30.8 Å². The van der Waals surface area contributed by atoms with Crippen molar-refractivity contribution in [3.63, 3.8) is 0 Å². The summed E-state index contributed by atoms with van der Waals surface area (Å²) in [5.41, 5.74) is 0. The molecule has 2 aliphatic rings. The maximum absolute atomic E-state index is 9.75. The summed E-state index contributed by atoms with van der Waals surface area (Å²) in [6, 6.07) is 0. The molecule has 0 saturated carbocycles. The van der Waals surface area contributed by atoms with Crippen molar-refractivity contribution in [1.82, 2.24) is 29.2 Å². The van der Waals surface area contributed by atoms with Crippen molar-refractivity contribution >= 4 is 30.4 Å². The van der Waals surface area contributed by atoms with Crippen molar-refractivity contribution in [2.45, 2.75) is 0 Å². The van der Waals surface area contributed by atoms with Gasteiger partial charge in [0, 0.05) is 76.8 Å². The Kier molecular flexibility index (Phi) is 34.5. The summed E-state index contributed by atoms with van der Waals surface area (Å²) >= 11 is 3.13. The second-order valence-electron chi connectivity index (χ2n) is 7.17. The number of nitrogens with zero attached hydrogens (tertiary/aromatic N) is 6. The Morgan fingerprint density at radius 2 is 1.07 bits per heavy atom. The standard InChI is InChI=1S/2C7H12N2.C4H6N2.C3H5Br.2BF4.BrH.Li/c2*1-3-4-9-6-5-8(2)7-9;1-6-3-2-5-4-6;1-2-3-4;2*2-1(3,4)5;;/h2*3,5-6H,1,4,7H2,2H3;2-4H,1H3;2H,1,3H2;;;1H;/q;;;;2*-1;;+1/p-1. The fraction of sp³-hybridized carbons (Fsp3) is 0.381. The first kappa shape index (κ1) is 48.0. The zero-order chi connectivity index (χ0) is 30.2. The van der Waals surface area contributed by atoms with E-state index in [2.05, 4.69) is 99.1 Å². The average Bonchev–Trinajstić information content (AvgIpc) is 3.51. The maximum atomic E-state index is 9.75. The van der Waals surface area contributed by atoms with Crippen LogP contribution in [-0.2, 0) is 7.05 Å². The molecule has 3 rings (SSSR count). The number of allylic oxidation sites excluding steroid dienone is 1. The first-order valence-corrected chi connectivity index (χ1v) is 11.9. The molecule has 0 amide bonds. The molecule has 0 N–H and O–H groups in total. The molecule has 0 fully saturated rings. The molecule has 3 heterocycles. The molecule has 2 aliphatic heterocycles. The predicted molar refractivity (Wildman–Crippen MR) is 145 cm³/mol. The summed E-state index contributed by atoms with van der Waals surface area (Å²) < 4.78 is 79.9. The van der Waals surface area contributed by atoms with E-state index in [4.69, 9.17) is 0 Å². The van der Waals surface area contributed by atoms with Crippen LogP contribution in [0.2, 0.25) is 0 Å². The third-order valence-corrected chi connectivity index (χ3v) is 3.80. The van der Waals surface area contributed by atoms with Gasteiger partial charge >= 0.3 is 33.4 Å². The minimum absolute atomic E-state index is 0. The molecule has 228 valence electrons. The first-order valence-electron chi connectivity index (χ1n) is 10.8. The van der Waals surface area contributed by atoms with Crippen molar-refractivity contribution in [2.75, 3.05) is 45.9 Å². The maximum Gasteiger partial charge on any atom is 1.00 e. The SMILES string of the molecule is C=CCBr.C=CCN1C=CN(C)C1.C=CCN1C=CN(C)C1.Cn1ccnc1.F[B-](F)(F)F.F[B-](F)(F)F.[Br-].[Li+]. The van der Waals surface area contributed by atoms with E-state index in [0.717, 1.165) is 31.8 Å². The van der Waals surface area contributed by atoms with Gasteiger partial charge in [0.05, 0.1) is 19.7 Å². The van der Waals surface area contributed by atoms with Gasteiger partial charge in [-0.05, 0) is 0 Å². The Balaban J connectivity index is -0.000000125. The Labute approximate surface area is 263 Å². The van der Waals surface area contributed by atoms with Crippen LogP contribution in [0.5, 0.6) is 0 Å². The van der Waals surface area contributed by atoms with Gasteiger partial charge in [-0.25, -0.2) is 4.98 Å². The van der Waals surface area contributed by atoms with Crippen LogP contribution in [0.1, 0.15) is 0 Å². The van der Waals surface area contributed by atoms with Crippen LogP contribution in [0, 0.1) is 0 Å². The molecule has 0 unspecified atom stereocenters. The number of aryl methyl sites for hydroxylation is 1. The molecule has 40 heavy (non-hydrogen) atoms. The molecule has 19 heteroatoms. The van der Waals surface area contributed by atoms with Gasteiger partial charge in [-0.15, -0.1) is 19.7 Å². The molecule has 0 spiro atoms. The van der Waals surface area contributed by atoms with Crippen molar-refractivity contribution in [2.24, 2.45) is 7.05 Å². The fourth-order valence-electron chi connectivity index (χ4n) is 2.07. The van der Waals surface area contributed by atoms with Crippen molar-refractivity contribution in [3.05, 3.63) is 81.5 Å². The minimum atomic E-state index is -6.00. The monoisotopic (exact) mass is 710 g/mol. The third kappa shape index (κ3) is 49.2. The van der Waals surface area contributed by atoms with Crippen LogP contribution in [0.15, 0.2) is 81.5 Å². The second-order valence-corrected chi connectivity index (χ2v) is 7.82. The quantitative estimate of drug-likeness (QED) is 0.190. The van der Waals surface area contributed by atoms with Gasteiger partial charge in [0.1, 0.15) is 0 Å². The summed E-state index contributed by atoms with van der Waals surface area (Å²) in [7, 11) is -5.95. The van der Waals surface area contributed by atoms with Gasteiger partial charge < -0.3 is 75.7 Å². The Bertz CT molecular complexity index is 732. The van der Waals surface area contributed by atoms with Gasteiger partial charge in [0.25, 0.3) is 0 Å². The molecule has 0 aliphatic carbocycles. The summed E-state index contributed by atoms with van der Waals surface area (Å²) in [6.07, 6.45) is 19.3. The molecular weight excluding hydrogens is 677 g/mol. The van der Waals surface area contributed by atoms with Crippen molar-refractivity contribution in [1.29, 1.82) is 0 Å². The molecule has 0 bridgehead atoms. The Hall–Kier alpha value is -1.76. The van der Waals surface area contributed by atoms with Gasteiger partial charge in [-0.3, -0.25) is 0 Å². The van der Waals surface area contributed by atoms with E-state index < -0.39 is 14.5 Å². The number of aromatic nitrogens is 2. The van der Waals surface area contributed by atoms with Crippen LogP contribution >= 0.6 is 15.9 Å². The summed E-state index contributed by atoms with van der Waals surface area (Å²) in [4.78, 5) is 12.4. The molecule has 1 aromatic heterocycles. The molecule has 0 aromatic carbocycles. The third-order valence-electron chi connectivity index (χ3n) is 3.35. The number of alkyl halides is 1. The van der Waals surface area contributed by atoms with E-state index in [1.807, 2.05) is 30.0 Å². The van der Waals surface area contributed by atoms with Crippen LogP contribution in [0.3, 0.4) is 0 Å². The van der Waals surface area contributed by atoms with E-state index in [1.54, 1.807) is 18.6 Å². The largest absolute Gasteiger partial charge is 1.00 e. The molecule has 1 aromatic rings. The predicted octanol–water partition coefficient (Wildman–Crippen LogP) is 0.292. The minimum Gasteiger partial charge on any atom is -1.00 e. The van der Waals surface area contributed by atoms with E-state index in [0.29, 0.717) is 0 Å². The van der Waals surface area contributed by atoms with Gasteiger partial charge in [-0.1, -0.05) is 34.2 Å². The zero-order valence-electron chi connectivity index (χ0n) is 23.0. The Morgan fingerprint density at radius 1 is 0.750 bits per heavy atom. The van der Waals surface area contributed by atoms with E-state index in [9.17, 15) is 34.5 Å². The summed E-state index contributed by atoms with van der Waals surface area (Å²) in [5, 5.41) is 0.896. The van der Waals surface area contributed by atoms with E-state index >= 15 is 0 Å². The number of imidazole rings is 1. The Morgan fingerprint density at radius 3 is 1.20 bits per heavy atom. The van der Waals surface area contributed by atoms with Crippen LogP contribution in [-0.4, -0.2) is 89.5 Å². The number of rotatable bonds is 5. The summed E-state index contributed by atoms with van der Waals surface area (Å²) in [6.45, 7) is 14.6. The number of hydrogen-bond donors (Lipinski definition) is 0. The van der Waals surface area contributed by atoms with Crippen molar-refractivity contribution < 1.29 is 70.4 Å². The molecule has 6 nitrogen and oxygen atoms in total. The smallest absolute Gasteiger partial charge is 1.00 e. The van der Waals surface area contributed by atoms with Gasteiger partial charge in [0.15, 0.2) is 0 Å². The van der Waals surface area contributed by atoms with Crippen molar-refractivity contribution in [3.8, 4) is 0 Å². The van der Waals surface area contributed by atoms with Crippen LogP contribution in [0.25, 0.3) is 0 Å². The second kappa shape index (κ2) is 28.8. The van der Waals surface area contributed by atoms with Crippen LogP contribution < -0.4 is 35.8 Å². The first-order chi connectivity index (χ1) is 17.5. The number of hydrogen-bond acceptors (Lipinski definition) is 5. The average molecular weight is 712 g/mol. The zero-order valence-corrected chi connectivity index (χ0v) is 26.2. The van der Waals surface area contributed by atoms with Crippen LogP contribution in [0.4, 0.5) is 34.5 Å². The van der Waals surface area contributed by atoms with Gasteiger partial charge in [-0.2, -0.15) is 0 Å². The normalized spacial score (nSPS) is 12.6. The van der Waals surface area contributed by atoms with E-state index in [1.165, 1.54) is 0 Å². The summed E-state index contributed by atoms with van der Waals surface area (Å²) in [5.74, 6) is 0. The fourth-order valence-corrected chi connectivity index (χ4v) is 2.07. The number of halogens is 10. The van der Waals surface area contributed by atoms with E-state index in [-0.39, 0.29) is 35.8 Å². The van der Waals surface area contributed by atoms with Gasteiger partial charge in [0.2, 0.25) is 0 Å². The molecule has 0 radical (unpaired) electrons. The molecule has 0 saturated heterocycles. The molecule has 0 atom stereocenters. The molecular formula is C21H35B2Br2F8LiN6-2.